The van der Waals surface area contributed by atoms with Crippen molar-refractivity contribution in [3.63, 3.8) is 0 Å². The average Bonchev–Trinajstić information content (AvgIpc) is 2.74. The highest BCUT2D eigenvalue weighted by Gasteiger charge is 2.22. The molecule has 1 unspecified atom stereocenters. The summed E-state index contributed by atoms with van der Waals surface area (Å²) in [4.78, 5) is 23.0. The number of fused-ring (bicyclic) bond motifs is 1. The van der Waals surface area contributed by atoms with E-state index in [0.717, 1.165) is 21.6 Å². The Kier molecular flexibility index (Phi) is 3.94. The smallest absolute Gasteiger partial charge is 0.346 e. The topological polar surface area (TPSA) is 66.3 Å². The second kappa shape index (κ2) is 5.36. The number of thiophene rings is 1. The summed E-state index contributed by atoms with van der Waals surface area (Å²) in [6.45, 7) is 8.27. The summed E-state index contributed by atoms with van der Waals surface area (Å²) in [6.07, 6.45) is 1.50. The zero-order valence-electron chi connectivity index (χ0n) is 12.3. The van der Waals surface area contributed by atoms with Crippen molar-refractivity contribution in [3.05, 3.63) is 16.8 Å². The molecule has 2 heterocycles. The fraction of sp³-hybridized carbons (Fsp3) is 0.500. The van der Waals surface area contributed by atoms with Gasteiger partial charge < -0.3 is 10.0 Å². The molecule has 1 atom stereocenters. The van der Waals surface area contributed by atoms with Gasteiger partial charge in [-0.2, -0.15) is 0 Å². The minimum absolute atomic E-state index is 0.306. The maximum Gasteiger partial charge on any atom is 0.346 e. The Morgan fingerprint density at radius 1 is 1.35 bits per heavy atom. The lowest BCUT2D eigenvalue weighted by molar-refractivity contribution is 0.0701. The summed E-state index contributed by atoms with van der Waals surface area (Å²) in [5, 5.41) is 10.1. The van der Waals surface area contributed by atoms with Crippen molar-refractivity contribution >= 4 is 33.3 Å². The molecular weight excluding hydrogens is 274 g/mol. The summed E-state index contributed by atoms with van der Waals surface area (Å²) in [5.41, 5.74) is 0.746. The van der Waals surface area contributed by atoms with Crippen molar-refractivity contribution in [3.8, 4) is 0 Å². The molecule has 2 aromatic heterocycles. The molecule has 2 aromatic rings. The number of aryl methyl sites for hydroxylation is 1. The largest absolute Gasteiger partial charge is 0.477 e. The van der Waals surface area contributed by atoms with Gasteiger partial charge in [-0.15, -0.1) is 11.3 Å². The third-order valence-corrected chi connectivity index (χ3v) is 5.00. The molecule has 0 aliphatic rings. The van der Waals surface area contributed by atoms with E-state index < -0.39 is 5.97 Å². The monoisotopic (exact) mass is 293 g/mol. The van der Waals surface area contributed by atoms with Crippen LogP contribution in [0.15, 0.2) is 6.33 Å². The molecule has 20 heavy (non-hydrogen) atoms. The molecule has 0 fully saturated rings. The first-order valence-corrected chi connectivity index (χ1v) is 7.36. The summed E-state index contributed by atoms with van der Waals surface area (Å²) in [7, 11) is 1.99. The van der Waals surface area contributed by atoms with Crippen molar-refractivity contribution in [2.24, 2.45) is 5.92 Å². The Bertz CT molecular complexity index is 651. The quantitative estimate of drug-likeness (QED) is 0.937. The van der Waals surface area contributed by atoms with E-state index in [0.29, 0.717) is 16.8 Å². The summed E-state index contributed by atoms with van der Waals surface area (Å²) >= 11 is 1.21. The zero-order chi connectivity index (χ0) is 15.0. The first-order valence-electron chi connectivity index (χ1n) is 6.54. The van der Waals surface area contributed by atoms with Crippen LogP contribution in [-0.4, -0.2) is 34.1 Å². The van der Waals surface area contributed by atoms with Gasteiger partial charge >= 0.3 is 5.97 Å². The third kappa shape index (κ3) is 2.35. The molecule has 0 saturated carbocycles. The molecule has 6 heteroatoms. The molecule has 0 aliphatic carbocycles. The Morgan fingerprint density at radius 3 is 2.55 bits per heavy atom. The predicted molar refractivity (Wildman–Crippen MR) is 81.8 cm³/mol. The number of carbonyl (C=O) groups is 1. The number of aromatic carboxylic acids is 1. The van der Waals surface area contributed by atoms with Crippen LogP contribution in [-0.2, 0) is 0 Å². The molecule has 1 N–H and O–H groups in total. The molecule has 2 rings (SSSR count). The van der Waals surface area contributed by atoms with Crippen molar-refractivity contribution in [2.45, 2.75) is 33.7 Å². The average molecular weight is 293 g/mol. The van der Waals surface area contributed by atoms with E-state index >= 15 is 0 Å². The molecule has 0 aromatic carbocycles. The minimum Gasteiger partial charge on any atom is -0.477 e. The lowest BCUT2D eigenvalue weighted by Gasteiger charge is -2.29. The van der Waals surface area contributed by atoms with E-state index in [1.165, 1.54) is 17.7 Å². The second-order valence-electron chi connectivity index (χ2n) is 5.33. The van der Waals surface area contributed by atoms with Gasteiger partial charge in [-0.25, -0.2) is 14.8 Å². The van der Waals surface area contributed by atoms with Crippen LogP contribution in [0.2, 0.25) is 0 Å². The predicted octanol–water partition coefficient (Wildman–Crippen LogP) is 3.18. The van der Waals surface area contributed by atoms with E-state index in [9.17, 15) is 9.90 Å². The van der Waals surface area contributed by atoms with Crippen LogP contribution in [0.5, 0.6) is 0 Å². The number of carboxylic acid groups (broad SMARTS) is 1. The van der Waals surface area contributed by atoms with Gasteiger partial charge in [0.1, 0.15) is 21.9 Å². The number of anilines is 1. The van der Waals surface area contributed by atoms with Crippen LogP contribution >= 0.6 is 11.3 Å². The fourth-order valence-electron chi connectivity index (χ4n) is 2.16. The molecule has 0 bridgehead atoms. The van der Waals surface area contributed by atoms with Gasteiger partial charge in [-0.05, 0) is 25.3 Å². The van der Waals surface area contributed by atoms with E-state index in [1.54, 1.807) is 0 Å². The Labute approximate surface area is 122 Å². The maximum absolute atomic E-state index is 11.3. The molecular formula is C14H19N3O2S. The van der Waals surface area contributed by atoms with Gasteiger partial charge in [0.2, 0.25) is 0 Å². The first kappa shape index (κ1) is 14.7. The van der Waals surface area contributed by atoms with E-state index in [-0.39, 0.29) is 0 Å². The number of hydrogen-bond acceptors (Lipinski definition) is 5. The molecule has 0 saturated heterocycles. The minimum atomic E-state index is -0.906. The van der Waals surface area contributed by atoms with Gasteiger partial charge in [-0.3, -0.25) is 0 Å². The lowest BCUT2D eigenvalue weighted by Crippen LogP contribution is -2.33. The highest BCUT2D eigenvalue weighted by Crippen LogP contribution is 2.35. The van der Waals surface area contributed by atoms with Crippen LogP contribution in [0.4, 0.5) is 5.82 Å². The SMILES string of the molecule is Cc1c(C(=O)O)sc2ncnc(N(C)C(C)C(C)C)c12. The van der Waals surface area contributed by atoms with Gasteiger partial charge in [0.25, 0.3) is 0 Å². The molecule has 0 amide bonds. The third-order valence-electron chi connectivity index (χ3n) is 3.81. The van der Waals surface area contributed by atoms with Gasteiger partial charge in [0.05, 0.1) is 5.39 Å². The molecule has 0 aliphatic heterocycles. The van der Waals surface area contributed by atoms with Crippen LogP contribution in [0.3, 0.4) is 0 Å². The number of carboxylic acids is 1. The Morgan fingerprint density at radius 2 is 2.00 bits per heavy atom. The van der Waals surface area contributed by atoms with Crippen LogP contribution < -0.4 is 4.90 Å². The standard InChI is InChI=1S/C14H19N3O2S/c1-7(2)9(4)17(5)12-10-8(3)11(14(18)19)20-13(10)16-6-15-12/h6-7,9H,1-5H3,(H,18,19). The number of nitrogens with zero attached hydrogens (tertiary/aromatic N) is 3. The molecule has 5 nitrogen and oxygen atoms in total. The van der Waals surface area contributed by atoms with Crippen LogP contribution in [0.25, 0.3) is 10.2 Å². The normalized spacial score (nSPS) is 12.9. The van der Waals surface area contributed by atoms with Gasteiger partial charge in [-0.1, -0.05) is 13.8 Å². The second-order valence-corrected chi connectivity index (χ2v) is 6.33. The van der Waals surface area contributed by atoms with E-state index in [2.05, 4.69) is 35.6 Å². The van der Waals surface area contributed by atoms with Crippen LogP contribution in [0, 0.1) is 12.8 Å². The highest BCUT2D eigenvalue weighted by molar-refractivity contribution is 7.20. The van der Waals surface area contributed by atoms with Crippen molar-refractivity contribution in [1.82, 2.24) is 9.97 Å². The van der Waals surface area contributed by atoms with Crippen molar-refractivity contribution in [2.75, 3.05) is 11.9 Å². The van der Waals surface area contributed by atoms with E-state index in [4.69, 9.17) is 0 Å². The maximum atomic E-state index is 11.3. The fourth-order valence-corrected chi connectivity index (χ4v) is 3.15. The number of rotatable bonds is 4. The molecule has 108 valence electrons. The number of hydrogen-bond donors (Lipinski definition) is 1. The molecule has 0 radical (unpaired) electrons. The van der Waals surface area contributed by atoms with Crippen molar-refractivity contribution in [1.29, 1.82) is 0 Å². The van der Waals surface area contributed by atoms with E-state index in [1.807, 2.05) is 14.0 Å². The lowest BCUT2D eigenvalue weighted by atomic mass is 10.0. The summed E-state index contributed by atoms with van der Waals surface area (Å²) in [5.74, 6) is 0.372. The Hall–Kier alpha value is -1.69. The highest BCUT2D eigenvalue weighted by atomic mass is 32.1. The summed E-state index contributed by atoms with van der Waals surface area (Å²) in [6, 6.07) is 0.306. The first-order chi connectivity index (χ1) is 9.34. The zero-order valence-corrected chi connectivity index (χ0v) is 13.2. The molecule has 0 spiro atoms. The Balaban J connectivity index is 2.63. The number of aromatic nitrogens is 2. The summed E-state index contributed by atoms with van der Waals surface area (Å²) < 4.78 is 0. The van der Waals surface area contributed by atoms with Crippen LogP contribution in [0.1, 0.15) is 36.0 Å². The van der Waals surface area contributed by atoms with Gasteiger partial charge in [0, 0.05) is 13.1 Å². The van der Waals surface area contributed by atoms with Gasteiger partial charge in [0.15, 0.2) is 0 Å². The van der Waals surface area contributed by atoms with Crippen molar-refractivity contribution < 1.29 is 9.90 Å².